The summed E-state index contributed by atoms with van der Waals surface area (Å²) in [6, 6.07) is 15.9. The van der Waals surface area contributed by atoms with Crippen LogP contribution in [-0.2, 0) is 6.61 Å². The first-order valence-corrected chi connectivity index (χ1v) is 6.66. The van der Waals surface area contributed by atoms with E-state index < -0.39 is 0 Å². The van der Waals surface area contributed by atoms with Crippen LogP contribution < -0.4 is 4.74 Å². The van der Waals surface area contributed by atoms with Gasteiger partial charge in [0, 0.05) is 6.20 Å². The third-order valence-corrected chi connectivity index (χ3v) is 3.35. The number of hydrogen-bond donors (Lipinski definition) is 0. The van der Waals surface area contributed by atoms with E-state index in [0.29, 0.717) is 12.4 Å². The van der Waals surface area contributed by atoms with Crippen molar-refractivity contribution in [1.29, 1.82) is 0 Å². The van der Waals surface area contributed by atoms with Crippen molar-refractivity contribution in [2.75, 3.05) is 0 Å². The minimum Gasteiger partial charge on any atom is -0.488 e. The fourth-order valence-electron chi connectivity index (χ4n) is 2.32. The van der Waals surface area contributed by atoms with Gasteiger partial charge in [0.15, 0.2) is 0 Å². The van der Waals surface area contributed by atoms with E-state index in [4.69, 9.17) is 4.74 Å². The Hall–Kier alpha value is -2.95. The molecule has 0 amide bonds. The maximum Gasteiger partial charge on any atom is 0.252 e. The average Bonchev–Trinajstić information content (AvgIpc) is 3.03. The van der Waals surface area contributed by atoms with Crippen LogP contribution in [0.3, 0.4) is 0 Å². The van der Waals surface area contributed by atoms with Gasteiger partial charge in [-0.2, -0.15) is 14.6 Å². The van der Waals surface area contributed by atoms with Crippen LogP contribution in [0.4, 0.5) is 0 Å². The molecule has 0 fully saturated rings. The zero-order chi connectivity index (χ0) is 14.1. The summed E-state index contributed by atoms with van der Waals surface area (Å²) in [5.41, 5.74) is 2.06. The van der Waals surface area contributed by atoms with Crippen LogP contribution in [0.15, 0.2) is 61.1 Å². The summed E-state index contributed by atoms with van der Waals surface area (Å²) < 4.78 is 7.64. The van der Waals surface area contributed by atoms with E-state index in [2.05, 4.69) is 15.1 Å². The summed E-state index contributed by atoms with van der Waals surface area (Å²) in [7, 11) is 0. The van der Waals surface area contributed by atoms with Crippen molar-refractivity contribution in [1.82, 2.24) is 19.6 Å². The molecule has 0 unspecified atom stereocenters. The maximum atomic E-state index is 5.93. The molecule has 5 nitrogen and oxygen atoms in total. The molecule has 4 rings (SSSR count). The van der Waals surface area contributed by atoms with Crippen LogP contribution in [0.2, 0.25) is 0 Å². The Morgan fingerprint density at radius 1 is 0.952 bits per heavy atom. The lowest BCUT2D eigenvalue weighted by Crippen LogP contribution is -1.98. The second-order valence-electron chi connectivity index (χ2n) is 4.69. The first-order valence-electron chi connectivity index (χ1n) is 6.66. The largest absolute Gasteiger partial charge is 0.488 e. The van der Waals surface area contributed by atoms with Crippen molar-refractivity contribution < 1.29 is 4.74 Å². The Kier molecular flexibility index (Phi) is 2.74. The molecule has 0 bridgehead atoms. The van der Waals surface area contributed by atoms with E-state index in [1.54, 1.807) is 10.7 Å². The van der Waals surface area contributed by atoms with Crippen LogP contribution in [-0.4, -0.2) is 19.6 Å². The molecule has 0 saturated carbocycles. The number of nitrogens with zero attached hydrogens (tertiary/aromatic N) is 4. The zero-order valence-corrected chi connectivity index (χ0v) is 11.2. The third kappa shape index (κ3) is 2.08. The lowest BCUT2D eigenvalue weighted by molar-refractivity contribution is 0.310. The van der Waals surface area contributed by atoms with Gasteiger partial charge in [-0.25, -0.2) is 4.98 Å². The Labute approximate surface area is 120 Å². The summed E-state index contributed by atoms with van der Waals surface area (Å²) in [4.78, 5) is 8.39. The summed E-state index contributed by atoms with van der Waals surface area (Å²) in [5.74, 6) is 1.38. The first-order chi connectivity index (χ1) is 10.4. The van der Waals surface area contributed by atoms with Crippen LogP contribution in [0.5, 0.6) is 5.75 Å². The standard InChI is InChI=1S/C16H12N4O/c1-2-5-12(6-3-1)10-21-15-8-4-7-14-13(15)9-17-16-18-11-19-20(14)16/h1-9,11H,10H2. The number of benzene rings is 2. The number of fused-ring (bicyclic) bond motifs is 3. The van der Waals surface area contributed by atoms with Gasteiger partial charge < -0.3 is 4.74 Å². The van der Waals surface area contributed by atoms with Gasteiger partial charge in [0.25, 0.3) is 5.78 Å². The zero-order valence-electron chi connectivity index (χ0n) is 11.2. The van der Waals surface area contributed by atoms with E-state index in [-0.39, 0.29) is 0 Å². The molecule has 21 heavy (non-hydrogen) atoms. The molecule has 0 N–H and O–H groups in total. The topological polar surface area (TPSA) is 52.3 Å². The van der Waals surface area contributed by atoms with E-state index >= 15 is 0 Å². The molecule has 2 aromatic carbocycles. The van der Waals surface area contributed by atoms with Crippen molar-refractivity contribution in [2.45, 2.75) is 6.61 Å². The quantitative estimate of drug-likeness (QED) is 0.577. The van der Waals surface area contributed by atoms with Crippen LogP contribution in [0.25, 0.3) is 16.7 Å². The highest BCUT2D eigenvalue weighted by Crippen LogP contribution is 2.25. The second-order valence-corrected chi connectivity index (χ2v) is 4.69. The molecule has 0 aliphatic carbocycles. The molecule has 0 spiro atoms. The van der Waals surface area contributed by atoms with Gasteiger partial charge in [-0.15, -0.1) is 0 Å². The smallest absolute Gasteiger partial charge is 0.252 e. The van der Waals surface area contributed by atoms with Gasteiger partial charge in [0.05, 0.1) is 10.9 Å². The molecule has 0 saturated heterocycles. The normalized spacial score (nSPS) is 11.0. The van der Waals surface area contributed by atoms with Gasteiger partial charge in [-0.3, -0.25) is 0 Å². The summed E-state index contributed by atoms with van der Waals surface area (Å²) in [6.45, 7) is 0.523. The Bertz CT molecular complexity index is 902. The Balaban J connectivity index is 1.75. The molecule has 0 aliphatic rings. The van der Waals surface area contributed by atoms with E-state index in [9.17, 15) is 0 Å². The number of aromatic nitrogens is 4. The van der Waals surface area contributed by atoms with Crippen molar-refractivity contribution in [2.24, 2.45) is 0 Å². The molecule has 2 heterocycles. The highest BCUT2D eigenvalue weighted by Gasteiger charge is 2.07. The van der Waals surface area contributed by atoms with Crippen LogP contribution in [0.1, 0.15) is 5.56 Å². The highest BCUT2D eigenvalue weighted by atomic mass is 16.5. The van der Waals surface area contributed by atoms with Gasteiger partial charge in [0.1, 0.15) is 18.7 Å². The summed E-state index contributed by atoms with van der Waals surface area (Å²) in [6.07, 6.45) is 3.28. The van der Waals surface area contributed by atoms with E-state index in [1.165, 1.54) is 6.33 Å². The molecular weight excluding hydrogens is 264 g/mol. The molecule has 5 heteroatoms. The number of ether oxygens (including phenoxy) is 1. The van der Waals surface area contributed by atoms with E-state index in [0.717, 1.165) is 22.2 Å². The molecule has 4 aromatic rings. The third-order valence-electron chi connectivity index (χ3n) is 3.35. The molecule has 102 valence electrons. The fraction of sp³-hybridized carbons (Fsp3) is 0.0625. The van der Waals surface area contributed by atoms with Gasteiger partial charge >= 0.3 is 0 Å². The predicted octanol–water partition coefficient (Wildman–Crippen LogP) is 2.86. The minimum absolute atomic E-state index is 0.523. The van der Waals surface area contributed by atoms with Gasteiger partial charge in [-0.05, 0) is 17.7 Å². The van der Waals surface area contributed by atoms with Crippen molar-refractivity contribution in [3.8, 4) is 5.75 Å². The van der Waals surface area contributed by atoms with Crippen LogP contribution >= 0.6 is 0 Å². The first kappa shape index (κ1) is 11.8. The lowest BCUT2D eigenvalue weighted by Gasteiger charge is -2.09. The molecule has 0 radical (unpaired) electrons. The van der Waals surface area contributed by atoms with Crippen molar-refractivity contribution in [3.05, 3.63) is 66.6 Å². The number of hydrogen-bond acceptors (Lipinski definition) is 4. The van der Waals surface area contributed by atoms with Crippen LogP contribution in [0, 0.1) is 0 Å². The molecular formula is C16H12N4O. The molecule has 2 aromatic heterocycles. The maximum absolute atomic E-state index is 5.93. The SMILES string of the molecule is c1ccc(COc2cccc3c2cnc2ncnn23)cc1. The monoisotopic (exact) mass is 276 g/mol. The second kappa shape index (κ2) is 4.86. The molecule has 0 atom stereocenters. The lowest BCUT2D eigenvalue weighted by atomic mass is 10.2. The van der Waals surface area contributed by atoms with Crippen molar-refractivity contribution in [3.63, 3.8) is 0 Å². The fourth-order valence-corrected chi connectivity index (χ4v) is 2.32. The highest BCUT2D eigenvalue weighted by molar-refractivity contribution is 5.85. The predicted molar refractivity (Wildman–Crippen MR) is 79.1 cm³/mol. The summed E-state index contributed by atoms with van der Waals surface area (Å²) >= 11 is 0. The Morgan fingerprint density at radius 2 is 1.86 bits per heavy atom. The van der Waals surface area contributed by atoms with Gasteiger partial charge in [0.2, 0.25) is 0 Å². The van der Waals surface area contributed by atoms with Crippen molar-refractivity contribution >= 4 is 16.7 Å². The Morgan fingerprint density at radius 3 is 2.76 bits per heavy atom. The number of rotatable bonds is 3. The summed E-state index contributed by atoms with van der Waals surface area (Å²) in [5, 5.41) is 5.12. The van der Waals surface area contributed by atoms with E-state index in [1.807, 2.05) is 48.5 Å². The molecule has 0 aliphatic heterocycles. The minimum atomic E-state index is 0.523. The average molecular weight is 276 g/mol. The van der Waals surface area contributed by atoms with Gasteiger partial charge in [-0.1, -0.05) is 36.4 Å².